The fourth-order valence-electron chi connectivity index (χ4n) is 1.33. The third-order valence-corrected chi connectivity index (χ3v) is 4.11. The second-order valence-electron chi connectivity index (χ2n) is 3.89. The quantitative estimate of drug-likeness (QED) is 0.591. The van der Waals surface area contributed by atoms with Crippen LogP contribution in [-0.4, -0.2) is 46.5 Å². The number of guanidine groups is 1. The Bertz CT molecular complexity index is 466. The molecular weight excluding hydrogens is 270 g/mol. The Labute approximate surface area is 112 Å². The Balaban J connectivity index is 2.22. The molecule has 0 aliphatic carbocycles. The molecule has 0 saturated heterocycles. The maximum absolute atomic E-state index is 11.0. The van der Waals surface area contributed by atoms with Gasteiger partial charge in [0, 0.05) is 31.3 Å². The van der Waals surface area contributed by atoms with Crippen molar-refractivity contribution in [2.45, 2.75) is 6.42 Å². The Morgan fingerprint density at radius 1 is 1.39 bits per heavy atom. The summed E-state index contributed by atoms with van der Waals surface area (Å²) in [5.74, 6) is 0.744. The first-order valence-corrected chi connectivity index (χ1v) is 8.60. The van der Waals surface area contributed by atoms with Crippen LogP contribution in [0.3, 0.4) is 0 Å². The molecule has 0 saturated carbocycles. The van der Waals surface area contributed by atoms with Gasteiger partial charge in [-0.15, -0.1) is 11.3 Å². The number of hydrogen-bond donors (Lipinski definition) is 2. The Kier molecular flexibility index (Phi) is 6.14. The highest BCUT2D eigenvalue weighted by molar-refractivity contribution is 7.90. The van der Waals surface area contributed by atoms with Gasteiger partial charge >= 0.3 is 0 Å². The molecule has 5 nitrogen and oxygen atoms in total. The summed E-state index contributed by atoms with van der Waals surface area (Å²) in [5.41, 5.74) is 0. The van der Waals surface area contributed by atoms with Crippen LogP contribution in [-0.2, 0) is 16.3 Å². The van der Waals surface area contributed by atoms with Crippen molar-refractivity contribution < 1.29 is 8.42 Å². The second kappa shape index (κ2) is 7.38. The molecule has 0 bridgehead atoms. The van der Waals surface area contributed by atoms with Crippen molar-refractivity contribution in [3.05, 3.63) is 22.4 Å². The summed E-state index contributed by atoms with van der Waals surface area (Å²) in [6.45, 7) is 1.15. The van der Waals surface area contributed by atoms with Gasteiger partial charge < -0.3 is 10.6 Å². The number of nitrogens with zero attached hydrogens (tertiary/aromatic N) is 1. The van der Waals surface area contributed by atoms with Crippen molar-refractivity contribution in [3.8, 4) is 0 Å². The predicted molar refractivity (Wildman–Crippen MR) is 77.1 cm³/mol. The molecule has 0 aliphatic heterocycles. The fraction of sp³-hybridized carbons (Fsp3) is 0.545. The average molecular weight is 289 g/mol. The first-order valence-electron chi connectivity index (χ1n) is 5.66. The van der Waals surface area contributed by atoms with Crippen LogP contribution in [0.5, 0.6) is 0 Å². The van der Waals surface area contributed by atoms with Crippen molar-refractivity contribution in [1.29, 1.82) is 0 Å². The Hall–Kier alpha value is -1.08. The lowest BCUT2D eigenvalue weighted by Crippen LogP contribution is -2.40. The third kappa shape index (κ3) is 6.61. The van der Waals surface area contributed by atoms with Crippen LogP contribution in [0.2, 0.25) is 0 Å². The van der Waals surface area contributed by atoms with Crippen molar-refractivity contribution in [3.63, 3.8) is 0 Å². The van der Waals surface area contributed by atoms with E-state index in [-0.39, 0.29) is 5.75 Å². The van der Waals surface area contributed by atoms with Crippen LogP contribution in [0.1, 0.15) is 4.88 Å². The lowest BCUT2D eigenvalue weighted by molar-refractivity contribution is 0.600. The molecule has 1 aromatic heterocycles. The minimum atomic E-state index is -2.93. The summed E-state index contributed by atoms with van der Waals surface area (Å²) in [6.07, 6.45) is 2.16. The van der Waals surface area contributed by atoms with Gasteiger partial charge in [-0.1, -0.05) is 6.07 Å². The van der Waals surface area contributed by atoms with E-state index in [0.717, 1.165) is 13.0 Å². The van der Waals surface area contributed by atoms with Crippen LogP contribution >= 0.6 is 11.3 Å². The topological polar surface area (TPSA) is 70.6 Å². The zero-order chi connectivity index (χ0) is 13.4. The van der Waals surface area contributed by atoms with Crippen molar-refractivity contribution >= 4 is 27.1 Å². The van der Waals surface area contributed by atoms with Crippen LogP contribution in [0, 0.1) is 0 Å². The van der Waals surface area contributed by atoms with E-state index in [4.69, 9.17) is 0 Å². The molecule has 0 radical (unpaired) electrons. The van der Waals surface area contributed by atoms with Gasteiger partial charge in [0.05, 0.1) is 5.75 Å². The third-order valence-electron chi connectivity index (χ3n) is 2.23. The normalized spacial score (nSPS) is 12.4. The monoisotopic (exact) mass is 289 g/mol. The van der Waals surface area contributed by atoms with Crippen molar-refractivity contribution in [2.24, 2.45) is 4.99 Å². The highest BCUT2D eigenvalue weighted by atomic mass is 32.2. The smallest absolute Gasteiger partial charge is 0.191 e. The van der Waals surface area contributed by atoms with Gasteiger partial charge in [-0.25, -0.2) is 8.42 Å². The van der Waals surface area contributed by atoms with Gasteiger partial charge in [-0.05, 0) is 17.9 Å². The molecule has 18 heavy (non-hydrogen) atoms. The van der Waals surface area contributed by atoms with Gasteiger partial charge in [0.25, 0.3) is 0 Å². The first kappa shape index (κ1) is 15.0. The summed E-state index contributed by atoms with van der Waals surface area (Å²) < 4.78 is 21.9. The molecule has 1 rings (SSSR count). The average Bonchev–Trinajstić information content (AvgIpc) is 2.78. The molecule has 1 heterocycles. The van der Waals surface area contributed by atoms with Gasteiger partial charge in [0.2, 0.25) is 0 Å². The van der Waals surface area contributed by atoms with E-state index in [1.165, 1.54) is 11.1 Å². The van der Waals surface area contributed by atoms with Gasteiger partial charge in [0.1, 0.15) is 9.84 Å². The van der Waals surface area contributed by atoms with Crippen LogP contribution < -0.4 is 10.6 Å². The largest absolute Gasteiger partial charge is 0.356 e. The lowest BCUT2D eigenvalue weighted by Gasteiger charge is -2.10. The Morgan fingerprint density at radius 2 is 2.11 bits per heavy atom. The maximum atomic E-state index is 11.0. The van der Waals surface area contributed by atoms with E-state index in [9.17, 15) is 8.42 Å². The van der Waals surface area contributed by atoms with E-state index >= 15 is 0 Å². The first-order chi connectivity index (χ1) is 8.51. The summed E-state index contributed by atoms with van der Waals surface area (Å²) >= 11 is 1.72. The van der Waals surface area contributed by atoms with Crippen LogP contribution in [0.15, 0.2) is 22.5 Å². The standard InChI is InChI=1S/C11H19N3O2S2/c1-12-11(14-7-9-18(2,15)16)13-6-5-10-4-3-8-17-10/h3-4,8H,5-7,9H2,1-2H3,(H2,12,13,14). The van der Waals surface area contributed by atoms with Gasteiger partial charge in [-0.2, -0.15) is 0 Å². The van der Waals surface area contributed by atoms with Crippen molar-refractivity contribution in [1.82, 2.24) is 10.6 Å². The molecule has 102 valence electrons. The van der Waals surface area contributed by atoms with Gasteiger partial charge in [0.15, 0.2) is 5.96 Å². The van der Waals surface area contributed by atoms with E-state index in [2.05, 4.69) is 27.1 Å². The summed E-state index contributed by atoms with van der Waals surface area (Å²) in [7, 11) is -1.26. The summed E-state index contributed by atoms with van der Waals surface area (Å²) in [6, 6.07) is 4.12. The van der Waals surface area contributed by atoms with E-state index < -0.39 is 9.84 Å². The summed E-state index contributed by atoms with van der Waals surface area (Å²) in [5, 5.41) is 8.16. The molecule has 0 fully saturated rings. The SMILES string of the molecule is CN=C(NCCc1cccs1)NCCS(C)(=O)=O. The zero-order valence-corrected chi connectivity index (χ0v) is 12.3. The van der Waals surface area contributed by atoms with Crippen molar-refractivity contribution in [2.75, 3.05) is 32.1 Å². The number of thiophene rings is 1. The number of aliphatic imine (C=N–C) groups is 1. The number of hydrogen-bond acceptors (Lipinski definition) is 4. The fourth-order valence-corrected chi connectivity index (χ4v) is 2.52. The zero-order valence-electron chi connectivity index (χ0n) is 10.6. The lowest BCUT2D eigenvalue weighted by atomic mass is 10.3. The molecule has 0 aromatic carbocycles. The predicted octanol–water partition coefficient (Wildman–Crippen LogP) is 0.500. The minimum absolute atomic E-state index is 0.110. The molecule has 0 aliphatic rings. The van der Waals surface area contributed by atoms with E-state index in [1.807, 2.05) is 6.07 Å². The van der Waals surface area contributed by atoms with E-state index in [1.54, 1.807) is 18.4 Å². The van der Waals surface area contributed by atoms with Crippen LogP contribution in [0.25, 0.3) is 0 Å². The van der Waals surface area contributed by atoms with E-state index in [0.29, 0.717) is 12.5 Å². The second-order valence-corrected chi connectivity index (χ2v) is 7.18. The van der Waals surface area contributed by atoms with Crippen LogP contribution in [0.4, 0.5) is 0 Å². The molecule has 0 spiro atoms. The highest BCUT2D eigenvalue weighted by Crippen LogP contribution is 2.07. The number of nitrogens with one attached hydrogen (secondary N) is 2. The molecule has 7 heteroatoms. The molecular formula is C11H19N3O2S2. The molecule has 2 N–H and O–H groups in total. The van der Waals surface area contributed by atoms with Gasteiger partial charge in [-0.3, -0.25) is 4.99 Å². The molecule has 1 aromatic rings. The molecule has 0 amide bonds. The maximum Gasteiger partial charge on any atom is 0.191 e. The summed E-state index contributed by atoms with van der Waals surface area (Å²) in [4.78, 5) is 5.34. The minimum Gasteiger partial charge on any atom is -0.356 e. The highest BCUT2D eigenvalue weighted by Gasteiger charge is 2.03. The number of rotatable bonds is 6. The Morgan fingerprint density at radius 3 is 2.67 bits per heavy atom. The molecule has 0 unspecified atom stereocenters. The molecule has 0 atom stereocenters. The number of sulfone groups is 1.